The van der Waals surface area contributed by atoms with Crippen LogP contribution in [0.3, 0.4) is 0 Å². The quantitative estimate of drug-likeness (QED) is 0.290. The Morgan fingerprint density at radius 2 is 1.54 bits per heavy atom. The van der Waals surface area contributed by atoms with E-state index in [0.29, 0.717) is 0 Å². The first-order chi connectivity index (χ1) is 12.6. The first kappa shape index (κ1) is 22.5. The van der Waals surface area contributed by atoms with Gasteiger partial charge < -0.3 is 14.6 Å². The molecule has 1 N–H and O–H groups in total. The summed E-state index contributed by atoms with van der Waals surface area (Å²) in [6.45, 7) is 3.63. The number of ether oxygens (including phenoxy) is 2. The molecule has 4 nitrogen and oxygen atoms in total. The summed E-state index contributed by atoms with van der Waals surface area (Å²) in [4.78, 5) is 10.6. The van der Waals surface area contributed by atoms with Gasteiger partial charge in [-0.2, -0.15) is 0 Å². The molecule has 1 aromatic rings. The summed E-state index contributed by atoms with van der Waals surface area (Å²) < 4.78 is 10.9. The second-order valence-electron chi connectivity index (χ2n) is 6.93. The number of carboxylic acids is 1. The van der Waals surface area contributed by atoms with E-state index in [1.165, 1.54) is 57.8 Å². The first-order valence-corrected chi connectivity index (χ1v) is 10.2. The van der Waals surface area contributed by atoms with Gasteiger partial charge >= 0.3 is 5.97 Å². The minimum atomic E-state index is -0.987. The lowest BCUT2D eigenvalue weighted by Crippen LogP contribution is -2.21. The molecule has 0 aliphatic carbocycles. The summed E-state index contributed by atoms with van der Waals surface area (Å²) in [5, 5.41) is 8.66. The molecule has 0 radical (unpaired) electrons. The lowest BCUT2D eigenvalue weighted by Gasteiger charge is -2.17. The van der Waals surface area contributed by atoms with E-state index in [9.17, 15) is 4.79 Å². The molecule has 0 spiro atoms. The summed E-state index contributed by atoms with van der Waals surface area (Å²) in [5.74, 6) is -0.194. The van der Waals surface area contributed by atoms with E-state index in [4.69, 9.17) is 14.6 Å². The van der Waals surface area contributed by atoms with Crippen molar-refractivity contribution in [1.82, 2.24) is 0 Å². The average Bonchev–Trinajstić information content (AvgIpc) is 2.63. The summed E-state index contributed by atoms with van der Waals surface area (Å²) in [6.07, 6.45) is 13.7. The van der Waals surface area contributed by atoms with Crippen LogP contribution in [0.1, 0.15) is 83.6 Å². The van der Waals surface area contributed by atoms with Gasteiger partial charge in [-0.3, -0.25) is 0 Å². The van der Waals surface area contributed by atoms with Crippen molar-refractivity contribution in [3.63, 3.8) is 0 Å². The van der Waals surface area contributed by atoms with Gasteiger partial charge in [-0.25, -0.2) is 4.79 Å². The van der Waals surface area contributed by atoms with E-state index in [1.807, 2.05) is 18.2 Å². The zero-order chi connectivity index (χ0) is 19.0. The van der Waals surface area contributed by atoms with Crippen molar-refractivity contribution >= 4 is 5.97 Å². The number of carbonyl (C=O) groups is 1. The van der Waals surface area contributed by atoms with Crippen molar-refractivity contribution in [3.8, 4) is 5.75 Å². The fourth-order valence-electron chi connectivity index (χ4n) is 3.03. The Hall–Kier alpha value is -1.55. The Kier molecular flexibility index (Phi) is 12.6. The molecule has 0 aliphatic rings. The van der Waals surface area contributed by atoms with E-state index in [1.54, 1.807) is 6.92 Å². The second kappa shape index (κ2) is 14.6. The molecule has 0 saturated carbocycles. The summed E-state index contributed by atoms with van der Waals surface area (Å²) in [6, 6.07) is 7.95. The van der Waals surface area contributed by atoms with Crippen LogP contribution in [0.5, 0.6) is 5.75 Å². The Bertz CT molecular complexity index is 487. The predicted octanol–water partition coefficient (Wildman–Crippen LogP) is 5.98. The third-order valence-electron chi connectivity index (χ3n) is 4.51. The Morgan fingerprint density at radius 3 is 2.15 bits per heavy atom. The van der Waals surface area contributed by atoms with E-state index >= 15 is 0 Å². The average molecular weight is 365 g/mol. The van der Waals surface area contributed by atoms with Gasteiger partial charge in [-0.05, 0) is 31.4 Å². The largest absolute Gasteiger partial charge is 0.480 e. The number of carboxylic acid groups (broad SMARTS) is 1. The van der Waals surface area contributed by atoms with Crippen LogP contribution in [0.25, 0.3) is 0 Å². The molecule has 0 amide bonds. The number of hydrogen-bond donors (Lipinski definition) is 1. The molecule has 0 heterocycles. The number of para-hydroxylation sites is 1. The first-order valence-electron chi connectivity index (χ1n) is 10.2. The topological polar surface area (TPSA) is 55.8 Å². The molecule has 1 rings (SSSR count). The molecule has 0 aromatic heterocycles. The van der Waals surface area contributed by atoms with Crippen molar-refractivity contribution in [3.05, 3.63) is 29.8 Å². The molecular formula is C22H36O4. The standard InChI is InChI=1S/C22H36O4/c1-3-4-5-6-7-8-9-10-11-12-15-20-16-13-14-17-21(20)26-19(2)25-18-22(23)24/h13-14,16-17,19H,3-12,15,18H2,1-2H3,(H,23,24). The van der Waals surface area contributed by atoms with Gasteiger partial charge in [0.1, 0.15) is 12.4 Å². The van der Waals surface area contributed by atoms with Gasteiger partial charge in [-0.1, -0.05) is 82.9 Å². The Labute approximate surface area is 158 Å². The van der Waals surface area contributed by atoms with Crippen LogP contribution in [0.4, 0.5) is 0 Å². The van der Waals surface area contributed by atoms with Crippen molar-refractivity contribution in [2.24, 2.45) is 0 Å². The molecule has 0 fully saturated rings. The molecule has 148 valence electrons. The van der Waals surface area contributed by atoms with Crippen molar-refractivity contribution < 1.29 is 19.4 Å². The van der Waals surface area contributed by atoms with Crippen LogP contribution >= 0.6 is 0 Å². The zero-order valence-electron chi connectivity index (χ0n) is 16.5. The lowest BCUT2D eigenvalue weighted by molar-refractivity contribution is -0.151. The van der Waals surface area contributed by atoms with Crippen LogP contribution in [0.2, 0.25) is 0 Å². The van der Waals surface area contributed by atoms with E-state index in [0.717, 1.165) is 24.2 Å². The van der Waals surface area contributed by atoms with Crippen molar-refractivity contribution in [2.75, 3.05) is 6.61 Å². The van der Waals surface area contributed by atoms with Crippen LogP contribution in [-0.4, -0.2) is 24.0 Å². The maximum Gasteiger partial charge on any atom is 0.329 e. The third kappa shape index (κ3) is 11.1. The second-order valence-corrected chi connectivity index (χ2v) is 6.93. The molecular weight excluding hydrogens is 328 g/mol. The fourth-order valence-corrected chi connectivity index (χ4v) is 3.03. The van der Waals surface area contributed by atoms with E-state index in [2.05, 4.69) is 13.0 Å². The molecule has 26 heavy (non-hydrogen) atoms. The van der Waals surface area contributed by atoms with Gasteiger partial charge in [0.25, 0.3) is 0 Å². The molecule has 4 heteroatoms. The number of unbranched alkanes of at least 4 members (excludes halogenated alkanes) is 9. The van der Waals surface area contributed by atoms with Crippen LogP contribution in [-0.2, 0) is 16.0 Å². The summed E-state index contributed by atoms with van der Waals surface area (Å²) >= 11 is 0. The smallest absolute Gasteiger partial charge is 0.329 e. The molecule has 0 saturated heterocycles. The monoisotopic (exact) mass is 364 g/mol. The van der Waals surface area contributed by atoms with Crippen molar-refractivity contribution in [2.45, 2.75) is 90.8 Å². The van der Waals surface area contributed by atoms with E-state index in [-0.39, 0.29) is 6.61 Å². The molecule has 1 atom stereocenters. The molecule has 0 bridgehead atoms. The van der Waals surface area contributed by atoms with Gasteiger partial charge in [0.15, 0.2) is 6.29 Å². The highest BCUT2D eigenvalue weighted by molar-refractivity contribution is 5.68. The Morgan fingerprint density at radius 1 is 0.962 bits per heavy atom. The van der Waals surface area contributed by atoms with Gasteiger partial charge in [-0.15, -0.1) is 0 Å². The molecule has 1 aromatic carbocycles. The van der Waals surface area contributed by atoms with Crippen LogP contribution < -0.4 is 4.74 Å². The van der Waals surface area contributed by atoms with Gasteiger partial charge in [0.2, 0.25) is 0 Å². The van der Waals surface area contributed by atoms with Gasteiger partial charge in [0.05, 0.1) is 0 Å². The maximum atomic E-state index is 10.6. The van der Waals surface area contributed by atoms with Gasteiger partial charge in [0, 0.05) is 0 Å². The minimum Gasteiger partial charge on any atom is -0.480 e. The fraction of sp³-hybridized carbons (Fsp3) is 0.682. The molecule has 1 unspecified atom stereocenters. The van der Waals surface area contributed by atoms with Crippen LogP contribution in [0.15, 0.2) is 24.3 Å². The highest BCUT2D eigenvalue weighted by Gasteiger charge is 2.10. The number of aryl methyl sites for hydroxylation is 1. The Balaban J connectivity index is 2.19. The number of aliphatic carboxylic acids is 1. The third-order valence-corrected chi connectivity index (χ3v) is 4.51. The SMILES string of the molecule is CCCCCCCCCCCCc1ccccc1OC(C)OCC(=O)O. The summed E-state index contributed by atoms with van der Waals surface area (Å²) in [5.41, 5.74) is 1.16. The van der Waals surface area contributed by atoms with E-state index < -0.39 is 12.3 Å². The zero-order valence-corrected chi connectivity index (χ0v) is 16.5. The predicted molar refractivity (Wildman–Crippen MR) is 106 cm³/mol. The highest BCUT2D eigenvalue weighted by atomic mass is 16.7. The van der Waals surface area contributed by atoms with Crippen LogP contribution in [0, 0.1) is 0 Å². The van der Waals surface area contributed by atoms with Crippen molar-refractivity contribution in [1.29, 1.82) is 0 Å². The lowest BCUT2D eigenvalue weighted by atomic mass is 10.0. The summed E-state index contributed by atoms with van der Waals surface area (Å²) in [7, 11) is 0. The molecule has 0 aliphatic heterocycles. The number of benzene rings is 1. The highest BCUT2D eigenvalue weighted by Crippen LogP contribution is 2.22. The minimum absolute atomic E-state index is 0.345. The number of rotatable bonds is 16. The normalized spacial score (nSPS) is 12.1. The maximum absolute atomic E-state index is 10.6. The number of hydrogen-bond acceptors (Lipinski definition) is 3.